The molecular formula is C10H13N3O2. The van der Waals surface area contributed by atoms with Crippen molar-refractivity contribution < 1.29 is 9.59 Å². The van der Waals surface area contributed by atoms with Crippen molar-refractivity contribution >= 4 is 11.8 Å². The predicted octanol–water partition coefficient (Wildman–Crippen LogP) is 0.395. The number of rotatable bonds is 3. The third-order valence-corrected chi connectivity index (χ3v) is 2.67. The molecule has 0 aromatic carbocycles. The number of hydrogen-bond acceptors (Lipinski definition) is 3. The summed E-state index contributed by atoms with van der Waals surface area (Å²) in [7, 11) is 0. The molecule has 1 fully saturated rings. The number of piperidine rings is 1. The van der Waals surface area contributed by atoms with E-state index in [9.17, 15) is 9.59 Å². The largest absolute Gasteiger partial charge is 0.348 e. The van der Waals surface area contributed by atoms with Crippen LogP contribution in [0.2, 0.25) is 0 Å². The minimum absolute atomic E-state index is 0.0361. The van der Waals surface area contributed by atoms with Crippen LogP contribution in [-0.4, -0.2) is 21.8 Å². The highest BCUT2D eigenvalue weighted by molar-refractivity contribution is 5.98. The molecule has 1 aliphatic rings. The smallest absolute Gasteiger partial charge is 0.229 e. The van der Waals surface area contributed by atoms with Gasteiger partial charge in [-0.3, -0.25) is 14.9 Å². The van der Waals surface area contributed by atoms with Gasteiger partial charge in [-0.05, 0) is 19.3 Å². The Hall–Kier alpha value is -1.65. The van der Waals surface area contributed by atoms with Gasteiger partial charge in [-0.15, -0.1) is 0 Å². The SMILES string of the molecule is O=C1CCC(CCc2cnc[nH]2)C(=O)N1. The van der Waals surface area contributed by atoms with Crippen LogP contribution in [0.4, 0.5) is 0 Å². The van der Waals surface area contributed by atoms with Gasteiger partial charge in [-0.1, -0.05) is 0 Å². The Morgan fingerprint density at radius 1 is 1.47 bits per heavy atom. The molecule has 1 aromatic heterocycles. The molecular weight excluding hydrogens is 194 g/mol. The average Bonchev–Trinajstić information content (AvgIpc) is 2.69. The molecule has 1 atom stereocenters. The minimum atomic E-state index is -0.155. The molecule has 1 aromatic rings. The summed E-state index contributed by atoms with van der Waals surface area (Å²) in [5, 5.41) is 2.36. The monoisotopic (exact) mass is 207 g/mol. The molecule has 80 valence electrons. The number of carbonyl (C=O) groups excluding carboxylic acids is 2. The van der Waals surface area contributed by atoms with Crippen molar-refractivity contribution in [2.24, 2.45) is 5.92 Å². The van der Waals surface area contributed by atoms with E-state index in [2.05, 4.69) is 15.3 Å². The first-order valence-corrected chi connectivity index (χ1v) is 5.06. The van der Waals surface area contributed by atoms with Crippen LogP contribution in [0, 0.1) is 5.92 Å². The van der Waals surface area contributed by atoms with Crippen molar-refractivity contribution in [3.63, 3.8) is 0 Å². The maximum atomic E-state index is 11.4. The summed E-state index contributed by atoms with van der Waals surface area (Å²) in [4.78, 5) is 29.2. The predicted molar refractivity (Wildman–Crippen MR) is 52.8 cm³/mol. The molecule has 1 aliphatic heterocycles. The van der Waals surface area contributed by atoms with Crippen LogP contribution < -0.4 is 5.32 Å². The number of amides is 2. The Labute approximate surface area is 87.3 Å². The number of aromatic nitrogens is 2. The first kappa shape index (κ1) is 9.89. The Morgan fingerprint density at radius 3 is 3.00 bits per heavy atom. The second-order valence-electron chi connectivity index (χ2n) is 3.76. The quantitative estimate of drug-likeness (QED) is 0.704. The van der Waals surface area contributed by atoms with E-state index in [1.54, 1.807) is 12.5 Å². The van der Waals surface area contributed by atoms with Gasteiger partial charge in [0.05, 0.1) is 6.33 Å². The number of nitrogens with one attached hydrogen (secondary N) is 2. The lowest BCUT2D eigenvalue weighted by Gasteiger charge is -2.20. The van der Waals surface area contributed by atoms with Crippen LogP contribution in [0.5, 0.6) is 0 Å². The third kappa shape index (κ3) is 2.43. The normalized spacial score (nSPS) is 21.5. The van der Waals surface area contributed by atoms with Crippen LogP contribution in [-0.2, 0) is 16.0 Å². The molecule has 1 unspecified atom stereocenters. The summed E-state index contributed by atoms with van der Waals surface area (Å²) in [6, 6.07) is 0. The van der Waals surface area contributed by atoms with Gasteiger partial charge in [0.25, 0.3) is 0 Å². The number of imide groups is 1. The highest BCUT2D eigenvalue weighted by atomic mass is 16.2. The second kappa shape index (κ2) is 4.25. The summed E-state index contributed by atoms with van der Waals surface area (Å²) >= 11 is 0. The topological polar surface area (TPSA) is 74.8 Å². The van der Waals surface area contributed by atoms with E-state index in [4.69, 9.17) is 0 Å². The number of imidazole rings is 1. The van der Waals surface area contributed by atoms with E-state index < -0.39 is 0 Å². The molecule has 2 heterocycles. The number of H-pyrrole nitrogens is 1. The Balaban J connectivity index is 1.85. The lowest BCUT2D eigenvalue weighted by atomic mass is 9.93. The van der Waals surface area contributed by atoms with E-state index in [0.29, 0.717) is 12.8 Å². The molecule has 0 spiro atoms. The lowest BCUT2D eigenvalue weighted by molar-refractivity contribution is -0.136. The van der Waals surface area contributed by atoms with Crippen LogP contribution in [0.3, 0.4) is 0 Å². The van der Waals surface area contributed by atoms with Crippen molar-refractivity contribution in [3.8, 4) is 0 Å². The summed E-state index contributed by atoms with van der Waals surface area (Å²) < 4.78 is 0. The van der Waals surface area contributed by atoms with Crippen LogP contribution in [0.1, 0.15) is 25.0 Å². The van der Waals surface area contributed by atoms with Crippen molar-refractivity contribution in [1.82, 2.24) is 15.3 Å². The van der Waals surface area contributed by atoms with E-state index in [1.165, 1.54) is 0 Å². The van der Waals surface area contributed by atoms with Crippen LogP contribution in [0.15, 0.2) is 12.5 Å². The fourth-order valence-corrected chi connectivity index (χ4v) is 1.76. The van der Waals surface area contributed by atoms with E-state index in [1.807, 2.05) is 0 Å². The number of carbonyl (C=O) groups is 2. The van der Waals surface area contributed by atoms with Gasteiger partial charge >= 0.3 is 0 Å². The second-order valence-corrected chi connectivity index (χ2v) is 3.76. The molecule has 0 bridgehead atoms. The lowest BCUT2D eigenvalue weighted by Crippen LogP contribution is -2.40. The molecule has 1 saturated heterocycles. The number of aryl methyl sites for hydroxylation is 1. The maximum absolute atomic E-state index is 11.4. The number of nitrogens with zero attached hydrogens (tertiary/aromatic N) is 1. The minimum Gasteiger partial charge on any atom is -0.348 e. The Kier molecular flexibility index (Phi) is 2.80. The van der Waals surface area contributed by atoms with E-state index >= 15 is 0 Å². The molecule has 5 nitrogen and oxygen atoms in total. The van der Waals surface area contributed by atoms with E-state index in [0.717, 1.165) is 18.5 Å². The summed E-state index contributed by atoms with van der Waals surface area (Å²) in [6.45, 7) is 0. The molecule has 5 heteroatoms. The zero-order chi connectivity index (χ0) is 10.7. The Morgan fingerprint density at radius 2 is 2.33 bits per heavy atom. The molecule has 2 rings (SSSR count). The Bertz CT molecular complexity index is 359. The van der Waals surface area contributed by atoms with E-state index in [-0.39, 0.29) is 17.7 Å². The fourth-order valence-electron chi connectivity index (χ4n) is 1.76. The third-order valence-electron chi connectivity index (χ3n) is 2.67. The summed E-state index contributed by atoms with van der Waals surface area (Å²) in [6.07, 6.45) is 6.07. The van der Waals surface area contributed by atoms with Gasteiger partial charge in [-0.2, -0.15) is 0 Å². The first-order valence-electron chi connectivity index (χ1n) is 5.06. The highest BCUT2D eigenvalue weighted by Gasteiger charge is 2.25. The van der Waals surface area contributed by atoms with Crippen molar-refractivity contribution in [3.05, 3.63) is 18.2 Å². The zero-order valence-electron chi connectivity index (χ0n) is 8.32. The average molecular weight is 207 g/mol. The molecule has 2 N–H and O–H groups in total. The highest BCUT2D eigenvalue weighted by Crippen LogP contribution is 2.17. The molecule has 0 radical (unpaired) electrons. The van der Waals surface area contributed by atoms with Gasteiger partial charge in [-0.25, -0.2) is 4.98 Å². The number of aromatic amines is 1. The zero-order valence-corrected chi connectivity index (χ0v) is 8.32. The summed E-state index contributed by atoms with van der Waals surface area (Å²) in [5.41, 5.74) is 1.03. The van der Waals surface area contributed by atoms with Crippen molar-refractivity contribution in [1.29, 1.82) is 0 Å². The number of hydrogen-bond donors (Lipinski definition) is 2. The summed E-state index contributed by atoms with van der Waals surface area (Å²) in [5.74, 6) is -0.324. The fraction of sp³-hybridized carbons (Fsp3) is 0.500. The molecule has 15 heavy (non-hydrogen) atoms. The van der Waals surface area contributed by atoms with Crippen LogP contribution in [0.25, 0.3) is 0 Å². The van der Waals surface area contributed by atoms with Gasteiger partial charge in [0, 0.05) is 24.2 Å². The van der Waals surface area contributed by atoms with Gasteiger partial charge in [0.1, 0.15) is 0 Å². The molecule has 0 saturated carbocycles. The standard InChI is InChI=1S/C10H13N3O2/c14-9-4-2-7(10(15)13-9)1-3-8-5-11-6-12-8/h5-7H,1-4H2,(H,11,12)(H,13,14,15). The van der Waals surface area contributed by atoms with Crippen molar-refractivity contribution in [2.45, 2.75) is 25.7 Å². The van der Waals surface area contributed by atoms with Crippen molar-refractivity contribution in [2.75, 3.05) is 0 Å². The van der Waals surface area contributed by atoms with Gasteiger partial charge < -0.3 is 4.98 Å². The van der Waals surface area contributed by atoms with Gasteiger partial charge in [0.2, 0.25) is 11.8 Å². The van der Waals surface area contributed by atoms with Gasteiger partial charge in [0.15, 0.2) is 0 Å². The molecule has 2 amide bonds. The maximum Gasteiger partial charge on any atom is 0.229 e. The molecule has 0 aliphatic carbocycles. The first-order chi connectivity index (χ1) is 7.25. The van der Waals surface area contributed by atoms with Crippen LogP contribution >= 0.6 is 0 Å².